The lowest BCUT2D eigenvalue weighted by Crippen LogP contribution is -2.39. The molecule has 2 rings (SSSR count). The van der Waals surface area contributed by atoms with E-state index in [-0.39, 0.29) is 24.0 Å². The van der Waals surface area contributed by atoms with Crippen LogP contribution in [0.4, 0.5) is 0 Å². The van der Waals surface area contributed by atoms with Crippen LogP contribution in [-0.2, 0) is 0 Å². The molecular formula is C16H26IN3O. The Bertz CT molecular complexity index is 447. The van der Waals surface area contributed by atoms with Crippen LogP contribution in [0.15, 0.2) is 29.3 Å². The van der Waals surface area contributed by atoms with Crippen molar-refractivity contribution in [2.75, 3.05) is 26.7 Å². The van der Waals surface area contributed by atoms with Crippen molar-refractivity contribution < 1.29 is 4.74 Å². The van der Waals surface area contributed by atoms with E-state index in [0.717, 1.165) is 43.7 Å². The Labute approximate surface area is 144 Å². The highest BCUT2D eigenvalue weighted by atomic mass is 127. The van der Waals surface area contributed by atoms with Gasteiger partial charge in [-0.25, -0.2) is 0 Å². The molecular weight excluding hydrogens is 377 g/mol. The van der Waals surface area contributed by atoms with Gasteiger partial charge in [-0.3, -0.25) is 4.99 Å². The zero-order chi connectivity index (χ0) is 14.2. The molecule has 4 nitrogen and oxygen atoms in total. The number of aliphatic imine (C=N–C) groups is 1. The molecule has 5 heteroatoms. The van der Waals surface area contributed by atoms with Crippen molar-refractivity contribution in [3.05, 3.63) is 29.8 Å². The Hall–Kier alpha value is -0.980. The van der Waals surface area contributed by atoms with E-state index in [4.69, 9.17) is 4.74 Å². The lowest BCUT2D eigenvalue weighted by Gasteiger charge is -2.12. The molecule has 0 unspecified atom stereocenters. The van der Waals surface area contributed by atoms with Gasteiger partial charge in [0.05, 0.1) is 6.61 Å². The Morgan fingerprint density at radius 3 is 2.71 bits per heavy atom. The Kier molecular flexibility index (Phi) is 8.49. The largest absolute Gasteiger partial charge is 0.493 e. The predicted octanol–water partition coefficient (Wildman–Crippen LogP) is 2.96. The number of hydrogen-bond acceptors (Lipinski definition) is 2. The fourth-order valence-electron chi connectivity index (χ4n) is 1.96. The summed E-state index contributed by atoms with van der Waals surface area (Å²) in [6, 6.07) is 8.11. The molecule has 0 heterocycles. The maximum Gasteiger partial charge on any atom is 0.190 e. The highest BCUT2D eigenvalue weighted by molar-refractivity contribution is 14.0. The van der Waals surface area contributed by atoms with Gasteiger partial charge in [0.1, 0.15) is 5.75 Å². The number of para-hydroxylation sites is 1. The van der Waals surface area contributed by atoms with Gasteiger partial charge >= 0.3 is 0 Å². The van der Waals surface area contributed by atoms with Gasteiger partial charge < -0.3 is 15.4 Å². The molecule has 1 fully saturated rings. The molecule has 1 aromatic carbocycles. The molecule has 118 valence electrons. The average molecular weight is 403 g/mol. The zero-order valence-electron chi connectivity index (χ0n) is 12.9. The number of nitrogens with zero attached hydrogens (tertiary/aromatic N) is 1. The molecule has 2 N–H and O–H groups in total. The minimum Gasteiger partial charge on any atom is -0.493 e. The van der Waals surface area contributed by atoms with Gasteiger partial charge in [0.2, 0.25) is 0 Å². The molecule has 1 aromatic rings. The summed E-state index contributed by atoms with van der Waals surface area (Å²) >= 11 is 0. The van der Waals surface area contributed by atoms with E-state index >= 15 is 0 Å². The number of benzene rings is 1. The zero-order valence-corrected chi connectivity index (χ0v) is 15.2. The molecule has 0 saturated heterocycles. The molecule has 0 amide bonds. The van der Waals surface area contributed by atoms with E-state index < -0.39 is 0 Å². The predicted molar refractivity (Wildman–Crippen MR) is 98.8 cm³/mol. The van der Waals surface area contributed by atoms with Crippen LogP contribution >= 0.6 is 24.0 Å². The van der Waals surface area contributed by atoms with Crippen LogP contribution in [0.5, 0.6) is 5.75 Å². The standard InChI is InChI=1S/C16H25N3O.HI/c1-13-6-3-4-7-15(13)20-11-5-10-18-16(17-2)19-12-14-8-9-14;/h3-4,6-7,14H,5,8-12H2,1-2H3,(H2,17,18,19);1H. The normalized spacial score (nSPS) is 14.3. The number of hydrogen-bond donors (Lipinski definition) is 2. The second-order valence-electron chi connectivity index (χ2n) is 5.29. The molecule has 1 saturated carbocycles. The van der Waals surface area contributed by atoms with Crippen LogP contribution in [0.3, 0.4) is 0 Å². The molecule has 0 spiro atoms. The van der Waals surface area contributed by atoms with Crippen LogP contribution in [-0.4, -0.2) is 32.7 Å². The van der Waals surface area contributed by atoms with Crippen molar-refractivity contribution in [3.63, 3.8) is 0 Å². The van der Waals surface area contributed by atoms with Gasteiger partial charge in [-0.1, -0.05) is 18.2 Å². The first kappa shape index (κ1) is 18.1. The summed E-state index contributed by atoms with van der Waals surface area (Å²) in [4.78, 5) is 4.21. The number of ether oxygens (including phenoxy) is 1. The van der Waals surface area contributed by atoms with Crippen LogP contribution in [0.1, 0.15) is 24.8 Å². The first-order valence-corrected chi connectivity index (χ1v) is 7.42. The number of rotatable bonds is 7. The second-order valence-corrected chi connectivity index (χ2v) is 5.29. The minimum absolute atomic E-state index is 0. The van der Waals surface area contributed by atoms with Gasteiger partial charge in [0, 0.05) is 20.1 Å². The van der Waals surface area contributed by atoms with E-state index in [9.17, 15) is 0 Å². The third-order valence-electron chi connectivity index (χ3n) is 3.44. The maximum atomic E-state index is 5.76. The molecule has 1 aliphatic rings. The van der Waals surface area contributed by atoms with Gasteiger partial charge in [0.15, 0.2) is 5.96 Å². The van der Waals surface area contributed by atoms with Crippen LogP contribution < -0.4 is 15.4 Å². The van der Waals surface area contributed by atoms with Crippen molar-refractivity contribution in [1.82, 2.24) is 10.6 Å². The third kappa shape index (κ3) is 7.02. The molecule has 0 bridgehead atoms. The maximum absolute atomic E-state index is 5.76. The van der Waals surface area contributed by atoms with Crippen molar-refractivity contribution in [1.29, 1.82) is 0 Å². The van der Waals surface area contributed by atoms with Gasteiger partial charge in [-0.05, 0) is 43.7 Å². The Morgan fingerprint density at radius 1 is 1.29 bits per heavy atom. The minimum atomic E-state index is 0. The topological polar surface area (TPSA) is 45.7 Å². The summed E-state index contributed by atoms with van der Waals surface area (Å²) in [6.07, 6.45) is 3.67. The summed E-state index contributed by atoms with van der Waals surface area (Å²) < 4.78 is 5.76. The molecule has 0 radical (unpaired) electrons. The lowest BCUT2D eigenvalue weighted by atomic mass is 10.2. The number of aryl methyl sites for hydroxylation is 1. The molecule has 0 aliphatic heterocycles. The molecule has 0 aromatic heterocycles. The van der Waals surface area contributed by atoms with Crippen molar-refractivity contribution >= 4 is 29.9 Å². The third-order valence-corrected chi connectivity index (χ3v) is 3.44. The first-order chi connectivity index (χ1) is 9.79. The summed E-state index contributed by atoms with van der Waals surface area (Å²) in [7, 11) is 1.81. The molecule has 0 atom stereocenters. The van der Waals surface area contributed by atoms with Crippen molar-refractivity contribution in [2.45, 2.75) is 26.2 Å². The van der Waals surface area contributed by atoms with Crippen LogP contribution in [0.2, 0.25) is 0 Å². The molecule has 21 heavy (non-hydrogen) atoms. The summed E-state index contributed by atoms with van der Waals surface area (Å²) in [6.45, 7) is 4.70. The van der Waals surface area contributed by atoms with Gasteiger partial charge in [0.25, 0.3) is 0 Å². The fourth-order valence-corrected chi connectivity index (χ4v) is 1.96. The lowest BCUT2D eigenvalue weighted by molar-refractivity contribution is 0.309. The fraction of sp³-hybridized carbons (Fsp3) is 0.562. The summed E-state index contributed by atoms with van der Waals surface area (Å²) in [5, 5.41) is 6.66. The second kappa shape index (κ2) is 9.87. The monoisotopic (exact) mass is 403 g/mol. The van der Waals surface area contributed by atoms with E-state index in [2.05, 4.69) is 28.6 Å². The quantitative estimate of drug-likeness (QED) is 0.319. The first-order valence-electron chi connectivity index (χ1n) is 7.42. The highest BCUT2D eigenvalue weighted by Gasteiger charge is 2.20. The highest BCUT2D eigenvalue weighted by Crippen LogP contribution is 2.27. The Balaban J connectivity index is 0.00000220. The van der Waals surface area contributed by atoms with Gasteiger partial charge in [-0.15, -0.1) is 24.0 Å². The van der Waals surface area contributed by atoms with Crippen molar-refractivity contribution in [2.24, 2.45) is 10.9 Å². The Morgan fingerprint density at radius 2 is 2.05 bits per heavy atom. The van der Waals surface area contributed by atoms with Crippen molar-refractivity contribution in [3.8, 4) is 5.75 Å². The van der Waals surface area contributed by atoms with E-state index in [1.807, 2.05) is 25.2 Å². The summed E-state index contributed by atoms with van der Waals surface area (Å²) in [5.74, 6) is 2.73. The van der Waals surface area contributed by atoms with Crippen LogP contribution in [0, 0.1) is 12.8 Å². The van der Waals surface area contributed by atoms with E-state index in [0.29, 0.717) is 0 Å². The van der Waals surface area contributed by atoms with Gasteiger partial charge in [-0.2, -0.15) is 0 Å². The van der Waals surface area contributed by atoms with Crippen LogP contribution in [0.25, 0.3) is 0 Å². The molecule has 1 aliphatic carbocycles. The number of halogens is 1. The SMILES string of the molecule is CN=C(NCCCOc1ccccc1C)NCC1CC1.I. The number of nitrogens with one attached hydrogen (secondary N) is 2. The average Bonchev–Trinajstić information content (AvgIpc) is 3.28. The number of guanidine groups is 1. The van der Waals surface area contributed by atoms with E-state index in [1.165, 1.54) is 18.4 Å². The summed E-state index contributed by atoms with van der Waals surface area (Å²) in [5.41, 5.74) is 1.18. The van der Waals surface area contributed by atoms with E-state index in [1.54, 1.807) is 0 Å². The smallest absolute Gasteiger partial charge is 0.190 e.